The van der Waals surface area contributed by atoms with E-state index in [-0.39, 0.29) is 24.0 Å². The highest BCUT2D eigenvalue weighted by Crippen LogP contribution is 2.18. The molecule has 26 heavy (non-hydrogen) atoms. The van der Waals surface area contributed by atoms with Gasteiger partial charge < -0.3 is 19.9 Å². The first-order valence-electron chi connectivity index (χ1n) is 10.4. The number of aliphatic imine (C=N–C) groups is 1. The van der Waals surface area contributed by atoms with Gasteiger partial charge in [-0.1, -0.05) is 6.92 Å². The molecule has 0 aromatic rings. The van der Waals surface area contributed by atoms with Crippen LogP contribution in [0.2, 0.25) is 0 Å². The molecular weight excluding hydrogens is 439 g/mol. The van der Waals surface area contributed by atoms with Crippen LogP contribution >= 0.6 is 24.0 Å². The van der Waals surface area contributed by atoms with Crippen LogP contribution in [0.1, 0.15) is 51.9 Å². The molecule has 2 aliphatic heterocycles. The lowest BCUT2D eigenvalue weighted by molar-refractivity contribution is 0.0625. The van der Waals surface area contributed by atoms with E-state index < -0.39 is 0 Å². The van der Waals surface area contributed by atoms with Crippen molar-refractivity contribution < 1.29 is 4.74 Å². The largest absolute Gasteiger partial charge is 0.381 e. The first-order valence-corrected chi connectivity index (χ1v) is 10.4. The summed E-state index contributed by atoms with van der Waals surface area (Å²) in [6.07, 6.45) is 8.97. The molecule has 2 aliphatic rings. The second-order valence-corrected chi connectivity index (χ2v) is 8.00. The van der Waals surface area contributed by atoms with Gasteiger partial charge in [-0.05, 0) is 69.9 Å². The number of halogens is 1. The number of ether oxygens (including phenoxy) is 1. The van der Waals surface area contributed by atoms with Crippen LogP contribution in [0.5, 0.6) is 0 Å². The molecule has 0 aromatic heterocycles. The lowest BCUT2D eigenvalue weighted by atomic mass is 9.96. The minimum Gasteiger partial charge on any atom is -0.381 e. The Bertz CT molecular complexity index is 388. The Labute approximate surface area is 178 Å². The molecular formula is C20H41IN4O. The molecule has 0 saturated carbocycles. The van der Waals surface area contributed by atoms with Crippen molar-refractivity contribution in [2.24, 2.45) is 16.8 Å². The summed E-state index contributed by atoms with van der Waals surface area (Å²) >= 11 is 0. The number of guanidine groups is 1. The number of piperidine rings is 1. The Morgan fingerprint density at radius 3 is 2.69 bits per heavy atom. The third-order valence-electron chi connectivity index (χ3n) is 5.71. The minimum atomic E-state index is 0. The average Bonchev–Trinajstić information content (AvgIpc) is 2.63. The van der Waals surface area contributed by atoms with Crippen molar-refractivity contribution in [3.63, 3.8) is 0 Å². The standard InChI is InChI=1S/C20H40N4O.HI/c1-18-7-6-13-24(17-18)12-5-4-11-22-20(21-2)23(3)14-8-19-9-15-25-16-10-19;/h18-19H,4-17H2,1-3H3,(H,21,22);1H. The van der Waals surface area contributed by atoms with Crippen molar-refractivity contribution in [1.29, 1.82) is 0 Å². The fourth-order valence-electron chi connectivity index (χ4n) is 4.05. The molecule has 0 amide bonds. The van der Waals surface area contributed by atoms with Crippen molar-refractivity contribution in [2.75, 3.05) is 60.0 Å². The highest BCUT2D eigenvalue weighted by molar-refractivity contribution is 14.0. The van der Waals surface area contributed by atoms with Crippen LogP contribution in [0.3, 0.4) is 0 Å². The molecule has 5 nitrogen and oxygen atoms in total. The van der Waals surface area contributed by atoms with Crippen LogP contribution in [-0.2, 0) is 4.74 Å². The van der Waals surface area contributed by atoms with Gasteiger partial charge in [0.2, 0.25) is 0 Å². The van der Waals surface area contributed by atoms with E-state index in [4.69, 9.17) is 4.74 Å². The fraction of sp³-hybridized carbons (Fsp3) is 0.950. The maximum absolute atomic E-state index is 5.45. The maximum atomic E-state index is 5.45. The number of nitrogens with zero attached hydrogens (tertiary/aromatic N) is 3. The molecule has 6 heteroatoms. The molecule has 2 saturated heterocycles. The second-order valence-electron chi connectivity index (χ2n) is 8.00. The van der Waals surface area contributed by atoms with Gasteiger partial charge in [0.15, 0.2) is 5.96 Å². The number of rotatable bonds is 8. The molecule has 0 aromatic carbocycles. The number of hydrogen-bond acceptors (Lipinski definition) is 3. The molecule has 0 bridgehead atoms. The third kappa shape index (κ3) is 9.22. The number of nitrogens with one attached hydrogen (secondary N) is 1. The van der Waals surface area contributed by atoms with Crippen LogP contribution in [0.25, 0.3) is 0 Å². The van der Waals surface area contributed by atoms with Crippen molar-refractivity contribution in [3.05, 3.63) is 0 Å². The van der Waals surface area contributed by atoms with Crippen molar-refractivity contribution in [2.45, 2.75) is 51.9 Å². The lowest BCUT2D eigenvalue weighted by Gasteiger charge is -2.30. The zero-order valence-electron chi connectivity index (χ0n) is 17.2. The first-order chi connectivity index (χ1) is 12.2. The zero-order chi connectivity index (χ0) is 17.9. The normalized spacial score (nSPS) is 22.7. The van der Waals surface area contributed by atoms with Gasteiger partial charge in [0, 0.05) is 46.9 Å². The summed E-state index contributed by atoms with van der Waals surface area (Å²) in [5.41, 5.74) is 0. The van der Waals surface area contributed by atoms with Gasteiger partial charge in [0.05, 0.1) is 0 Å². The van der Waals surface area contributed by atoms with E-state index in [2.05, 4.69) is 34.1 Å². The van der Waals surface area contributed by atoms with Crippen molar-refractivity contribution in [3.8, 4) is 0 Å². The van der Waals surface area contributed by atoms with Gasteiger partial charge in [0.1, 0.15) is 0 Å². The molecule has 2 rings (SSSR count). The summed E-state index contributed by atoms with van der Waals surface area (Å²) in [7, 11) is 4.05. The van der Waals surface area contributed by atoms with Crippen LogP contribution in [-0.4, -0.2) is 75.8 Å². The lowest BCUT2D eigenvalue weighted by Crippen LogP contribution is -2.40. The number of hydrogen-bond donors (Lipinski definition) is 1. The number of likely N-dealkylation sites (tertiary alicyclic amines) is 1. The van der Waals surface area contributed by atoms with E-state index in [1.807, 2.05) is 7.05 Å². The molecule has 0 aliphatic carbocycles. The van der Waals surface area contributed by atoms with E-state index in [0.717, 1.165) is 44.1 Å². The first kappa shape index (κ1) is 24.0. The Hall–Kier alpha value is -0.0800. The van der Waals surface area contributed by atoms with Gasteiger partial charge in [-0.25, -0.2) is 0 Å². The van der Waals surface area contributed by atoms with Crippen LogP contribution in [0.4, 0.5) is 0 Å². The molecule has 1 unspecified atom stereocenters. The number of unbranched alkanes of at least 4 members (excludes halogenated alkanes) is 1. The summed E-state index contributed by atoms with van der Waals surface area (Å²) in [5, 5.41) is 3.54. The van der Waals surface area contributed by atoms with E-state index in [9.17, 15) is 0 Å². The summed E-state index contributed by atoms with van der Waals surface area (Å²) in [5.74, 6) is 2.75. The van der Waals surface area contributed by atoms with E-state index >= 15 is 0 Å². The maximum Gasteiger partial charge on any atom is 0.193 e. The van der Waals surface area contributed by atoms with E-state index in [1.54, 1.807) is 0 Å². The Balaban J connectivity index is 0.00000338. The minimum absolute atomic E-state index is 0. The monoisotopic (exact) mass is 480 g/mol. The van der Waals surface area contributed by atoms with Crippen molar-refractivity contribution in [1.82, 2.24) is 15.1 Å². The molecule has 0 radical (unpaired) electrons. The highest BCUT2D eigenvalue weighted by atomic mass is 127. The summed E-state index contributed by atoms with van der Waals surface area (Å²) in [6, 6.07) is 0. The van der Waals surface area contributed by atoms with Gasteiger partial charge in [-0.2, -0.15) is 0 Å². The van der Waals surface area contributed by atoms with Gasteiger partial charge in [-0.3, -0.25) is 4.99 Å². The zero-order valence-corrected chi connectivity index (χ0v) is 19.5. The fourth-order valence-corrected chi connectivity index (χ4v) is 4.05. The van der Waals surface area contributed by atoms with Crippen LogP contribution < -0.4 is 5.32 Å². The predicted molar refractivity (Wildman–Crippen MR) is 122 cm³/mol. The Morgan fingerprint density at radius 1 is 1.23 bits per heavy atom. The molecule has 154 valence electrons. The second kappa shape index (κ2) is 14.0. The molecule has 1 atom stereocenters. The van der Waals surface area contributed by atoms with Crippen molar-refractivity contribution >= 4 is 29.9 Å². The summed E-state index contributed by atoms with van der Waals surface area (Å²) in [4.78, 5) is 9.37. The van der Waals surface area contributed by atoms with E-state index in [0.29, 0.717) is 0 Å². The van der Waals surface area contributed by atoms with Gasteiger partial charge in [-0.15, -0.1) is 24.0 Å². The average molecular weight is 480 g/mol. The quantitative estimate of drug-likeness (QED) is 0.250. The molecule has 1 N–H and O–H groups in total. The SMILES string of the molecule is CN=C(NCCCCN1CCCC(C)C1)N(C)CCC1CCOCC1.I. The third-order valence-corrected chi connectivity index (χ3v) is 5.71. The van der Waals surface area contributed by atoms with Gasteiger partial charge in [0.25, 0.3) is 0 Å². The summed E-state index contributed by atoms with van der Waals surface area (Å²) in [6.45, 7) is 10.2. The predicted octanol–water partition coefficient (Wildman–Crippen LogP) is 3.44. The smallest absolute Gasteiger partial charge is 0.193 e. The molecule has 2 fully saturated rings. The van der Waals surface area contributed by atoms with Crippen LogP contribution in [0.15, 0.2) is 4.99 Å². The Morgan fingerprint density at radius 2 is 2.00 bits per heavy atom. The molecule has 2 heterocycles. The van der Waals surface area contributed by atoms with E-state index in [1.165, 1.54) is 64.6 Å². The summed E-state index contributed by atoms with van der Waals surface area (Å²) < 4.78 is 5.45. The van der Waals surface area contributed by atoms with Crippen LogP contribution in [0, 0.1) is 11.8 Å². The van der Waals surface area contributed by atoms with Gasteiger partial charge >= 0.3 is 0 Å². The topological polar surface area (TPSA) is 40.1 Å². The highest BCUT2D eigenvalue weighted by Gasteiger charge is 2.16. The Kier molecular flexibility index (Phi) is 12.9. The molecule has 0 spiro atoms.